The number of hydrogen-bond donors (Lipinski definition) is 1. The quantitative estimate of drug-likeness (QED) is 0.313. The molecule has 0 radical (unpaired) electrons. The van der Waals surface area contributed by atoms with E-state index in [0.717, 1.165) is 31.4 Å². The lowest BCUT2D eigenvalue weighted by molar-refractivity contribution is -0.151. The van der Waals surface area contributed by atoms with Crippen molar-refractivity contribution in [1.82, 2.24) is 20.2 Å². The second kappa shape index (κ2) is 8.99. The molecule has 7 nitrogen and oxygen atoms in total. The van der Waals surface area contributed by atoms with Gasteiger partial charge < -0.3 is 4.42 Å². The van der Waals surface area contributed by atoms with Gasteiger partial charge in [-0.05, 0) is 18.6 Å². The molecule has 2 aromatic heterocycles. The predicted molar refractivity (Wildman–Crippen MR) is 82.8 cm³/mol. The summed E-state index contributed by atoms with van der Waals surface area (Å²) in [7, 11) is 0. The zero-order valence-electron chi connectivity index (χ0n) is 13.3. The van der Waals surface area contributed by atoms with E-state index >= 15 is 0 Å². The number of nitrogens with zero attached hydrogens (tertiary/aromatic N) is 4. The Balaban J connectivity index is 2.04. The Morgan fingerprint density at radius 1 is 1.35 bits per heavy atom. The van der Waals surface area contributed by atoms with Crippen LogP contribution in [-0.4, -0.2) is 38.4 Å². The molecule has 1 atom stereocenters. The highest BCUT2D eigenvalue weighted by Crippen LogP contribution is 2.23. The van der Waals surface area contributed by atoms with Crippen molar-refractivity contribution in [3.63, 3.8) is 0 Å². The summed E-state index contributed by atoms with van der Waals surface area (Å²) in [6.07, 6.45) is 6.50. The molecule has 0 aliphatic carbocycles. The Hall–Kier alpha value is -2.28. The van der Waals surface area contributed by atoms with Gasteiger partial charge in [0.15, 0.2) is 0 Å². The zero-order valence-corrected chi connectivity index (χ0v) is 13.3. The number of hydroxylamine groups is 2. The molecule has 1 N–H and O–H groups in total. The fourth-order valence-electron chi connectivity index (χ4n) is 2.36. The van der Waals surface area contributed by atoms with Crippen molar-refractivity contribution < 1.29 is 14.4 Å². The molecule has 0 spiro atoms. The Morgan fingerprint density at radius 2 is 2.22 bits per heavy atom. The number of amides is 1. The first kappa shape index (κ1) is 17.1. The van der Waals surface area contributed by atoms with Gasteiger partial charge in [-0.15, -0.1) is 10.2 Å². The van der Waals surface area contributed by atoms with E-state index in [0.29, 0.717) is 29.7 Å². The van der Waals surface area contributed by atoms with E-state index in [-0.39, 0.29) is 12.5 Å². The topological polar surface area (TPSA) is 92.3 Å². The van der Waals surface area contributed by atoms with Gasteiger partial charge in [-0.2, -0.15) is 0 Å². The third-order valence-corrected chi connectivity index (χ3v) is 3.58. The minimum Gasteiger partial charge on any atom is -0.424 e. The fraction of sp³-hybridized carbons (Fsp3) is 0.500. The molecule has 1 amide bonds. The van der Waals surface area contributed by atoms with Crippen molar-refractivity contribution in [2.24, 2.45) is 0 Å². The van der Waals surface area contributed by atoms with Gasteiger partial charge in [0.2, 0.25) is 18.2 Å². The van der Waals surface area contributed by atoms with Gasteiger partial charge in [0, 0.05) is 11.9 Å². The number of hydrogen-bond acceptors (Lipinski definition) is 6. The van der Waals surface area contributed by atoms with Gasteiger partial charge in [-0.25, -0.2) is 5.06 Å². The molecule has 0 bridgehead atoms. The van der Waals surface area contributed by atoms with Crippen molar-refractivity contribution in [3.8, 4) is 0 Å². The number of aromatic nitrogens is 3. The minimum absolute atomic E-state index is 0.151. The Kier molecular flexibility index (Phi) is 6.68. The van der Waals surface area contributed by atoms with Crippen LogP contribution in [0, 0.1) is 0 Å². The molecule has 0 aliphatic rings. The summed E-state index contributed by atoms with van der Waals surface area (Å²) in [4.78, 5) is 14.9. The standard InChI is InChI=1S/C16H22N4O3/c1-2-3-4-7-13(11-20(22)12-21)16-19-18-15(23-16)10-14-8-5-6-9-17-14/h5-6,8-9,12-13,22H,2-4,7,10-11H2,1H3/t13-/m0/s1. The van der Waals surface area contributed by atoms with Crippen LogP contribution >= 0.6 is 0 Å². The number of carbonyl (C=O) groups excluding carboxylic acids is 1. The molecule has 0 unspecified atom stereocenters. The summed E-state index contributed by atoms with van der Waals surface area (Å²) in [5.41, 5.74) is 0.849. The maximum Gasteiger partial charge on any atom is 0.233 e. The van der Waals surface area contributed by atoms with Gasteiger partial charge in [-0.1, -0.05) is 32.3 Å². The highest BCUT2D eigenvalue weighted by Gasteiger charge is 2.21. The molecule has 2 rings (SSSR count). The van der Waals surface area contributed by atoms with Gasteiger partial charge in [0.25, 0.3) is 0 Å². The van der Waals surface area contributed by atoms with E-state index in [1.807, 2.05) is 18.2 Å². The first-order valence-corrected chi connectivity index (χ1v) is 7.86. The summed E-state index contributed by atoms with van der Waals surface area (Å²) >= 11 is 0. The van der Waals surface area contributed by atoms with Crippen molar-refractivity contribution in [1.29, 1.82) is 0 Å². The van der Waals surface area contributed by atoms with Crippen LogP contribution in [0.3, 0.4) is 0 Å². The molecule has 23 heavy (non-hydrogen) atoms. The molecular formula is C16H22N4O3. The molecule has 0 aromatic carbocycles. The SMILES string of the molecule is CCCCC[C@@H](CN(O)C=O)c1nnc(Cc2ccccn2)o1. The van der Waals surface area contributed by atoms with Crippen molar-refractivity contribution in [2.45, 2.75) is 44.9 Å². The summed E-state index contributed by atoms with van der Waals surface area (Å²) in [6, 6.07) is 5.65. The maximum atomic E-state index is 10.6. The lowest BCUT2D eigenvalue weighted by Crippen LogP contribution is -2.24. The second-order valence-electron chi connectivity index (χ2n) is 5.45. The van der Waals surface area contributed by atoms with Crippen molar-refractivity contribution in [3.05, 3.63) is 41.9 Å². The summed E-state index contributed by atoms with van der Waals surface area (Å²) in [5.74, 6) is 0.768. The second-order valence-corrected chi connectivity index (χ2v) is 5.45. The Morgan fingerprint density at radius 3 is 2.91 bits per heavy atom. The molecule has 2 heterocycles. The predicted octanol–water partition coefficient (Wildman–Crippen LogP) is 2.57. The van der Waals surface area contributed by atoms with Crippen LogP contribution in [0.2, 0.25) is 0 Å². The minimum atomic E-state index is -0.165. The lowest BCUT2D eigenvalue weighted by atomic mass is 10.0. The van der Waals surface area contributed by atoms with Crippen molar-refractivity contribution >= 4 is 6.41 Å². The van der Waals surface area contributed by atoms with E-state index in [1.165, 1.54) is 0 Å². The molecule has 0 saturated carbocycles. The maximum absolute atomic E-state index is 10.6. The van der Waals surface area contributed by atoms with Crippen LogP contribution < -0.4 is 0 Å². The van der Waals surface area contributed by atoms with E-state index in [9.17, 15) is 10.0 Å². The summed E-state index contributed by atoms with van der Waals surface area (Å²) in [5, 5.41) is 18.2. The third kappa shape index (κ3) is 5.45. The first-order chi connectivity index (χ1) is 11.2. The Labute approximate surface area is 135 Å². The van der Waals surface area contributed by atoms with Crippen LogP contribution in [-0.2, 0) is 11.2 Å². The van der Waals surface area contributed by atoms with E-state index in [4.69, 9.17) is 4.42 Å². The molecule has 7 heteroatoms. The first-order valence-electron chi connectivity index (χ1n) is 7.86. The average molecular weight is 318 g/mol. The molecule has 0 aliphatic heterocycles. The average Bonchev–Trinajstić information content (AvgIpc) is 3.03. The van der Waals surface area contributed by atoms with E-state index in [2.05, 4.69) is 22.1 Å². The third-order valence-electron chi connectivity index (χ3n) is 3.58. The highest BCUT2D eigenvalue weighted by molar-refractivity contribution is 5.44. The lowest BCUT2D eigenvalue weighted by Gasteiger charge is -2.16. The van der Waals surface area contributed by atoms with Gasteiger partial charge in [0.1, 0.15) is 0 Å². The molecule has 2 aromatic rings. The molecule has 124 valence electrons. The molecule has 0 fully saturated rings. The number of carbonyl (C=O) groups is 1. The van der Waals surface area contributed by atoms with Gasteiger partial charge in [0.05, 0.1) is 18.9 Å². The van der Waals surface area contributed by atoms with Crippen LogP contribution in [0.25, 0.3) is 0 Å². The van der Waals surface area contributed by atoms with Crippen LogP contribution in [0.5, 0.6) is 0 Å². The highest BCUT2D eigenvalue weighted by atomic mass is 16.5. The zero-order chi connectivity index (χ0) is 16.5. The van der Waals surface area contributed by atoms with Gasteiger partial charge in [-0.3, -0.25) is 15.0 Å². The number of rotatable bonds is 10. The van der Waals surface area contributed by atoms with Gasteiger partial charge >= 0.3 is 0 Å². The smallest absolute Gasteiger partial charge is 0.233 e. The summed E-state index contributed by atoms with van der Waals surface area (Å²) < 4.78 is 5.71. The van der Waals surface area contributed by atoms with Crippen molar-refractivity contribution in [2.75, 3.05) is 6.54 Å². The number of unbranched alkanes of at least 4 members (excludes halogenated alkanes) is 2. The Bertz CT molecular complexity index is 588. The largest absolute Gasteiger partial charge is 0.424 e. The number of pyridine rings is 1. The van der Waals surface area contributed by atoms with E-state index < -0.39 is 0 Å². The summed E-state index contributed by atoms with van der Waals surface area (Å²) in [6.45, 7) is 2.27. The van der Waals surface area contributed by atoms with Crippen LogP contribution in [0.1, 0.15) is 56.0 Å². The monoisotopic (exact) mass is 318 g/mol. The van der Waals surface area contributed by atoms with Crippen LogP contribution in [0.4, 0.5) is 0 Å². The molecular weight excluding hydrogens is 296 g/mol. The van der Waals surface area contributed by atoms with Crippen LogP contribution in [0.15, 0.2) is 28.8 Å². The fourth-order valence-corrected chi connectivity index (χ4v) is 2.36. The normalized spacial score (nSPS) is 12.1. The van der Waals surface area contributed by atoms with E-state index in [1.54, 1.807) is 6.20 Å². The molecule has 0 saturated heterocycles.